The van der Waals surface area contributed by atoms with Crippen molar-refractivity contribution in [3.05, 3.63) is 23.8 Å². The van der Waals surface area contributed by atoms with Crippen molar-refractivity contribution in [2.75, 3.05) is 25.9 Å². The third-order valence-corrected chi connectivity index (χ3v) is 5.30. The quantitative estimate of drug-likeness (QED) is 0.828. The first-order valence-corrected chi connectivity index (χ1v) is 9.78. The Kier molecular flexibility index (Phi) is 6.06. The molecule has 1 aliphatic rings. The zero-order chi connectivity index (χ0) is 16.9. The molecule has 8 heteroatoms. The van der Waals surface area contributed by atoms with Crippen molar-refractivity contribution in [1.82, 2.24) is 19.6 Å². The fraction of sp³-hybridized carbons (Fsp3) is 0.667. The van der Waals surface area contributed by atoms with Crippen molar-refractivity contribution in [3.8, 4) is 0 Å². The Morgan fingerprint density at radius 2 is 2.26 bits per heavy atom. The van der Waals surface area contributed by atoms with E-state index in [1.54, 1.807) is 0 Å². The fourth-order valence-corrected chi connectivity index (χ4v) is 3.75. The summed E-state index contributed by atoms with van der Waals surface area (Å²) in [6.07, 6.45) is 7.60. The van der Waals surface area contributed by atoms with Gasteiger partial charge in [0.05, 0.1) is 17.5 Å². The van der Waals surface area contributed by atoms with E-state index in [9.17, 15) is 13.2 Å². The molecule has 0 aliphatic carbocycles. The minimum atomic E-state index is -3.16. The van der Waals surface area contributed by atoms with E-state index in [4.69, 9.17) is 0 Å². The Bertz CT molecular complexity index is 648. The second-order valence-electron chi connectivity index (χ2n) is 5.97. The largest absolute Gasteiger partial charge is 0.352 e. The van der Waals surface area contributed by atoms with E-state index >= 15 is 0 Å². The van der Waals surface area contributed by atoms with Gasteiger partial charge in [-0.3, -0.25) is 4.79 Å². The van der Waals surface area contributed by atoms with Crippen LogP contribution in [0.1, 0.15) is 42.2 Å². The number of hydrogen-bond donors (Lipinski definition) is 1. The summed E-state index contributed by atoms with van der Waals surface area (Å²) in [4.78, 5) is 20.4. The van der Waals surface area contributed by atoms with E-state index in [-0.39, 0.29) is 11.8 Å². The zero-order valence-electron chi connectivity index (χ0n) is 13.7. The van der Waals surface area contributed by atoms with Crippen LogP contribution in [-0.4, -0.2) is 54.5 Å². The van der Waals surface area contributed by atoms with Gasteiger partial charge in [-0.25, -0.2) is 22.7 Å². The average Bonchev–Trinajstić information content (AvgIpc) is 2.53. The number of carbonyl (C=O) groups is 1. The maximum absolute atomic E-state index is 12.3. The van der Waals surface area contributed by atoms with Gasteiger partial charge in [0.25, 0.3) is 5.91 Å². The van der Waals surface area contributed by atoms with Gasteiger partial charge in [-0.05, 0) is 25.2 Å². The Labute approximate surface area is 137 Å². The van der Waals surface area contributed by atoms with Crippen LogP contribution in [0.4, 0.5) is 0 Å². The SMILES string of the molecule is CCCc1ncncc1C(=O)NC[C@@H]1CCCN(S(C)(=O)=O)C1. The molecule has 1 amide bonds. The molecule has 1 saturated heterocycles. The molecule has 2 heterocycles. The monoisotopic (exact) mass is 340 g/mol. The molecule has 0 bridgehead atoms. The summed E-state index contributed by atoms with van der Waals surface area (Å²) in [5.41, 5.74) is 1.26. The molecule has 7 nitrogen and oxygen atoms in total. The van der Waals surface area contributed by atoms with Crippen LogP contribution >= 0.6 is 0 Å². The summed E-state index contributed by atoms with van der Waals surface area (Å²) in [5.74, 6) is -0.0489. The van der Waals surface area contributed by atoms with Crippen molar-refractivity contribution >= 4 is 15.9 Å². The van der Waals surface area contributed by atoms with E-state index in [2.05, 4.69) is 15.3 Å². The molecule has 23 heavy (non-hydrogen) atoms. The van der Waals surface area contributed by atoms with Crippen molar-refractivity contribution in [1.29, 1.82) is 0 Å². The van der Waals surface area contributed by atoms with Gasteiger partial charge in [0.15, 0.2) is 0 Å². The summed E-state index contributed by atoms with van der Waals surface area (Å²) in [5, 5.41) is 2.90. The third kappa shape index (κ3) is 4.97. The van der Waals surface area contributed by atoms with Crippen LogP contribution in [0.15, 0.2) is 12.5 Å². The van der Waals surface area contributed by atoms with Crippen LogP contribution < -0.4 is 5.32 Å². The predicted octanol–water partition coefficient (Wildman–Crippen LogP) is 0.831. The number of aryl methyl sites for hydroxylation is 1. The molecule has 128 valence electrons. The number of hydrogen-bond acceptors (Lipinski definition) is 5. The second-order valence-corrected chi connectivity index (χ2v) is 7.95. The van der Waals surface area contributed by atoms with Gasteiger partial charge < -0.3 is 5.32 Å². The molecule has 1 atom stereocenters. The molecular weight excluding hydrogens is 316 g/mol. The average molecular weight is 340 g/mol. The third-order valence-electron chi connectivity index (χ3n) is 4.03. The van der Waals surface area contributed by atoms with Gasteiger partial charge in [-0.2, -0.15) is 0 Å². The lowest BCUT2D eigenvalue weighted by Crippen LogP contribution is -2.43. The lowest BCUT2D eigenvalue weighted by atomic mass is 9.99. The van der Waals surface area contributed by atoms with Crippen LogP contribution in [0.25, 0.3) is 0 Å². The van der Waals surface area contributed by atoms with Crippen molar-refractivity contribution < 1.29 is 13.2 Å². The number of amides is 1. The Morgan fingerprint density at radius 1 is 1.48 bits per heavy atom. The topological polar surface area (TPSA) is 92.3 Å². The minimum absolute atomic E-state index is 0.140. The summed E-state index contributed by atoms with van der Waals surface area (Å²) < 4.78 is 24.7. The van der Waals surface area contributed by atoms with E-state index in [1.807, 2.05) is 6.92 Å². The lowest BCUT2D eigenvalue weighted by molar-refractivity contribution is 0.0939. The normalized spacial score (nSPS) is 19.5. The van der Waals surface area contributed by atoms with E-state index in [1.165, 1.54) is 23.1 Å². The Morgan fingerprint density at radius 3 is 2.96 bits per heavy atom. The predicted molar refractivity (Wildman–Crippen MR) is 87.5 cm³/mol. The van der Waals surface area contributed by atoms with Gasteiger partial charge in [-0.1, -0.05) is 13.3 Å². The number of nitrogens with one attached hydrogen (secondary N) is 1. The molecule has 1 aromatic heterocycles. The summed E-state index contributed by atoms with van der Waals surface area (Å²) in [7, 11) is -3.16. The van der Waals surface area contributed by atoms with Crippen LogP contribution in [0.3, 0.4) is 0 Å². The highest BCUT2D eigenvalue weighted by atomic mass is 32.2. The van der Waals surface area contributed by atoms with Gasteiger partial charge in [0.1, 0.15) is 6.33 Å². The molecule has 0 aromatic carbocycles. The molecule has 2 rings (SSSR count). The number of aromatic nitrogens is 2. The molecule has 0 radical (unpaired) electrons. The molecule has 1 aromatic rings. The van der Waals surface area contributed by atoms with E-state index in [0.29, 0.717) is 25.2 Å². The van der Waals surface area contributed by atoms with Crippen LogP contribution in [0.2, 0.25) is 0 Å². The standard InChI is InChI=1S/C15H24N4O3S/c1-3-5-14-13(9-16-11-18-14)15(20)17-8-12-6-4-7-19(10-12)23(2,21)22/h9,11-12H,3-8,10H2,1-2H3,(H,17,20)/t12-/m0/s1. The van der Waals surface area contributed by atoms with Gasteiger partial charge in [0, 0.05) is 25.8 Å². The van der Waals surface area contributed by atoms with E-state index in [0.717, 1.165) is 31.4 Å². The van der Waals surface area contributed by atoms with Crippen LogP contribution in [0, 0.1) is 5.92 Å². The summed E-state index contributed by atoms with van der Waals surface area (Å²) in [6.45, 7) is 3.53. The molecule has 1 fully saturated rings. The molecule has 1 aliphatic heterocycles. The van der Waals surface area contributed by atoms with Crippen molar-refractivity contribution in [2.24, 2.45) is 5.92 Å². The lowest BCUT2D eigenvalue weighted by Gasteiger charge is -2.31. The number of rotatable bonds is 6. The first-order valence-electron chi connectivity index (χ1n) is 7.94. The molecule has 1 N–H and O–H groups in total. The summed E-state index contributed by atoms with van der Waals surface area (Å²) >= 11 is 0. The minimum Gasteiger partial charge on any atom is -0.352 e. The Balaban J connectivity index is 1.94. The highest BCUT2D eigenvalue weighted by Crippen LogP contribution is 2.18. The molecule has 0 spiro atoms. The maximum Gasteiger partial charge on any atom is 0.254 e. The zero-order valence-corrected chi connectivity index (χ0v) is 14.5. The smallest absolute Gasteiger partial charge is 0.254 e. The van der Waals surface area contributed by atoms with Crippen LogP contribution in [-0.2, 0) is 16.4 Å². The van der Waals surface area contributed by atoms with Gasteiger partial charge >= 0.3 is 0 Å². The molecule has 0 saturated carbocycles. The number of carbonyl (C=O) groups excluding carboxylic acids is 1. The number of piperidine rings is 1. The van der Waals surface area contributed by atoms with Crippen LogP contribution in [0.5, 0.6) is 0 Å². The first-order chi connectivity index (χ1) is 10.9. The van der Waals surface area contributed by atoms with Gasteiger partial charge in [0.2, 0.25) is 10.0 Å². The molecular formula is C15H24N4O3S. The fourth-order valence-electron chi connectivity index (χ4n) is 2.81. The first kappa shape index (κ1) is 17.8. The molecule has 0 unspecified atom stereocenters. The number of sulfonamides is 1. The Hall–Kier alpha value is -1.54. The summed E-state index contributed by atoms with van der Waals surface area (Å²) in [6, 6.07) is 0. The van der Waals surface area contributed by atoms with Gasteiger partial charge in [-0.15, -0.1) is 0 Å². The maximum atomic E-state index is 12.3. The van der Waals surface area contributed by atoms with E-state index < -0.39 is 10.0 Å². The highest BCUT2D eigenvalue weighted by Gasteiger charge is 2.26. The number of nitrogens with zero attached hydrogens (tertiary/aromatic N) is 3. The van der Waals surface area contributed by atoms with Crippen molar-refractivity contribution in [2.45, 2.75) is 32.6 Å². The highest BCUT2D eigenvalue weighted by molar-refractivity contribution is 7.88. The van der Waals surface area contributed by atoms with Crippen molar-refractivity contribution in [3.63, 3.8) is 0 Å². The second kappa shape index (κ2) is 7.83.